The highest BCUT2D eigenvalue weighted by atomic mass is 35.5. The Morgan fingerprint density at radius 3 is 2.75 bits per heavy atom. The van der Waals surface area contributed by atoms with Gasteiger partial charge in [-0.3, -0.25) is 4.68 Å². The topological polar surface area (TPSA) is 82.2 Å². The third-order valence-electron chi connectivity index (χ3n) is 1.19. The van der Waals surface area contributed by atoms with Crippen LogP contribution in [0.4, 0.5) is 5.82 Å². The molecule has 0 spiro atoms. The molecule has 0 aliphatic heterocycles. The molecule has 0 unspecified atom stereocenters. The Labute approximate surface area is 76.9 Å². The first-order valence-electron chi connectivity index (χ1n) is 3.35. The van der Waals surface area contributed by atoms with Gasteiger partial charge >= 0.3 is 0 Å². The molecule has 0 aliphatic carbocycles. The van der Waals surface area contributed by atoms with E-state index in [1.165, 1.54) is 0 Å². The maximum atomic E-state index is 5.15. The Morgan fingerprint density at radius 1 is 1.67 bits per heavy atom. The van der Waals surface area contributed by atoms with Gasteiger partial charge in [-0.05, 0) is 6.92 Å². The van der Waals surface area contributed by atoms with Gasteiger partial charge in [-0.15, -0.1) is 12.4 Å². The molecule has 4 N–H and O–H groups in total. The summed E-state index contributed by atoms with van der Waals surface area (Å²) in [7, 11) is 0. The van der Waals surface area contributed by atoms with E-state index in [1.54, 1.807) is 10.7 Å². The molecule has 0 radical (unpaired) electrons. The van der Waals surface area contributed by atoms with Crippen LogP contribution in [0.1, 0.15) is 6.92 Å². The van der Waals surface area contributed by atoms with E-state index in [-0.39, 0.29) is 18.4 Å². The average Bonchev–Trinajstić information content (AvgIpc) is 2.34. The summed E-state index contributed by atoms with van der Waals surface area (Å²) in [5.41, 5.74) is 10.3. The van der Waals surface area contributed by atoms with Crippen molar-refractivity contribution in [3.05, 3.63) is 12.3 Å². The lowest BCUT2D eigenvalue weighted by molar-refractivity contribution is 0.661. The second-order valence-electron chi connectivity index (χ2n) is 2.07. The zero-order valence-corrected chi connectivity index (χ0v) is 7.58. The zero-order valence-electron chi connectivity index (χ0n) is 6.77. The van der Waals surface area contributed by atoms with Crippen molar-refractivity contribution in [3.8, 4) is 0 Å². The Morgan fingerprint density at radius 2 is 2.33 bits per heavy atom. The zero-order chi connectivity index (χ0) is 8.27. The molecule has 6 heteroatoms. The lowest BCUT2D eigenvalue weighted by atomic mass is 10.6. The fraction of sp³-hybridized carbons (Fsp3) is 0.333. The lowest BCUT2D eigenvalue weighted by Crippen LogP contribution is -2.21. The third kappa shape index (κ3) is 2.79. The summed E-state index contributed by atoms with van der Waals surface area (Å²) in [6.45, 7) is 2.81. The van der Waals surface area contributed by atoms with Crippen LogP contribution in [0.2, 0.25) is 0 Å². The molecule has 0 atom stereocenters. The van der Waals surface area contributed by atoms with Crippen LogP contribution >= 0.6 is 12.4 Å². The van der Waals surface area contributed by atoms with Crippen LogP contribution in [0.25, 0.3) is 0 Å². The Hall–Kier alpha value is -1.23. The largest absolute Gasteiger partial charge is 0.370 e. The minimum atomic E-state index is 0. The molecular weight excluding hydrogens is 178 g/mol. The van der Waals surface area contributed by atoms with Crippen molar-refractivity contribution in [3.63, 3.8) is 0 Å². The maximum absolute atomic E-state index is 5.15. The Balaban J connectivity index is 0.00000121. The molecule has 1 aromatic rings. The molecule has 1 rings (SSSR count). The summed E-state index contributed by atoms with van der Waals surface area (Å²) in [5.74, 6) is 0.582. The summed E-state index contributed by atoms with van der Waals surface area (Å²) in [4.78, 5) is 3.77. The first-order valence-corrected chi connectivity index (χ1v) is 3.35. The first kappa shape index (κ1) is 10.8. The summed E-state index contributed by atoms with van der Waals surface area (Å²) >= 11 is 0. The number of nitrogens with two attached hydrogens (primary N) is 2. The van der Waals surface area contributed by atoms with Gasteiger partial charge in [-0.25, -0.2) is 0 Å². The summed E-state index contributed by atoms with van der Waals surface area (Å²) in [6.07, 6.45) is 1.82. The highest BCUT2D eigenvalue weighted by molar-refractivity contribution is 5.85. The van der Waals surface area contributed by atoms with E-state index in [1.807, 2.05) is 13.1 Å². The molecule has 0 saturated carbocycles. The minimum Gasteiger partial charge on any atom is -0.370 e. The van der Waals surface area contributed by atoms with Crippen LogP contribution in [0.3, 0.4) is 0 Å². The van der Waals surface area contributed by atoms with Gasteiger partial charge in [0, 0.05) is 18.8 Å². The molecule has 5 nitrogen and oxygen atoms in total. The van der Waals surface area contributed by atoms with E-state index in [0.717, 1.165) is 6.54 Å². The van der Waals surface area contributed by atoms with Crippen LogP contribution in [0, 0.1) is 0 Å². The number of guanidine groups is 1. The second kappa shape index (κ2) is 4.61. The predicted molar refractivity (Wildman–Crippen MR) is 50.6 cm³/mol. The van der Waals surface area contributed by atoms with Crippen molar-refractivity contribution in [2.24, 2.45) is 16.5 Å². The van der Waals surface area contributed by atoms with Crippen molar-refractivity contribution in [1.82, 2.24) is 9.78 Å². The molecular formula is C6H12ClN5. The molecule has 0 aliphatic rings. The van der Waals surface area contributed by atoms with Crippen LogP contribution in [0.15, 0.2) is 17.3 Å². The number of aryl methyl sites for hydroxylation is 1. The van der Waals surface area contributed by atoms with E-state index >= 15 is 0 Å². The van der Waals surface area contributed by atoms with Crippen molar-refractivity contribution >= 4 is 24.2 Å². The molecule has 0 bridgehead atoms. The van der Waals surface area contributed by atoms with E-state index in [2.05, 4.69) is 10.1 Å². The third-order valence-corrected chi connectivity index (χ3v) is 1.19. The van der Waals surface area contributed by atoms with Gasteiger partial charge in [0.2, 0.25) is 0 Å². The van der Waals surface area contributed by atoms with Gasteiger partial charge in [0.05, 0.1) is 0 Å². The van der Waals surface area contributed by atoms with Crippen molar-refractivity contribution < 1.29 is 0 Å². The number of aliphatic imine (C=N–C) groups is 1. The SMILES string of the molecule is CCn1ccc(N=C(N)N)n1.Cl. The van der Waals surface area contributed by atoms with E-state index in [0.29, 0.717) is 5.82 Å². The predicted octanol–water partition coefficient (Wildman–Crippen LogP) is 0.230. The standard InChI is InChI=1S/C6H11N5.ClH/c1-2-11-4-3-5(10-11)9-6(7)8;/h3-4H,2H2,1H3,(H4,7,8,9,10);1H. The van der Waals surface area contributed by atoms with Crippen LogP contribution in [0.5, 0.6) is 0 Å². The Bertz CT molecular complexity index is 263. The number of nitrogens with zero attached hydrogens (tertiary/aromatic N) is 3. The van der Waals surface area contributed by atoms with Crippen molar-refractivity contribution in [2.45, 2.75) is 13.5 Å². The monoisotopic (exact) mass is 189 g/mol. The number of hydrogen-bond acceptors (Lipinski definition) is 2. The minimum absolute atomic E-state index is 0. The fourth-order valence-corrected chi connectivity index (χ4v) is 0.719. The fourth-order valence-electron chi connectivity index (χ4n) is 0.719. The van der Waals surface area contributed by atoms with Crippen LogP contribution in [-0.4, -0.2) is 15.7 Å². The van der Waals surface area contributed by atoms with Crippen LogP contribution < -0.4 is 11.5 Å². The number of halogens is 1. The van der Waals surface area contributed by atoms with E-state index in [9.17, 15) is 0 Å². The van der Waals surface area contributed by atoms with Crippen LogP contribution in [-0.2, 0) is 6.54 Å². The molecule has 0 saturated heterocycles. The normalized spacial score (nSPS) is 8.75. The highest BCUT2D eigenvalue weighted by Gasteiger charge is 1.93. The summed E-state index contributed by atoms with van der Waals surface area (Å²) in [5, 5.41) is 4.04. The van der Waals surface area contributed by atoms with Gasteiger partial charge < -0.3 is 11.5 Å². The quantitative estimate of drug-likeness (QED) is 0.516. The average molecular weight is 190 g/mol. The highest BCUT2D eigenvalue weighted by Crippen LogP contribution is 2.05. The van der Waals surface area contributed by atoms with Gasteiger partial charge in [-0.2, -0.15) is 10.1 Å². The smallest absolute Gasteiger partial charge is 0.192 e. The first-order chi connectivity index (χ1) is 5.22. The molecule has 0 aromatic carbocycles. The molecule has 0 fully saturated rings. The molecule has 12 heavy (non-hydrogen) atoms. The maximum Gasteiger partial charge on any atom is 0.192 e. The lowest BCUT2D eigenvalue weighted by Gasteiger charge is -1.90. The number of aromatic nitrogens is 2. The molecule has 68 valence electrons. The van der Waals surface area contributed by atoms with Gasteiger partial charge in [0.15, 0.2) is 11.8 Å². The Kier molecular flexibility index (Phi) is 4.14. The molecule has 0 amide bonds. The number of hydrogen-bond donors (Lipinski definition) is 2. The molecule has 1 aromatic heterocycles. The van der Waals surface area contributed by atoms with Gasteiger partial charge in [0.25, 0.3) is 0 Å². The van der Waals surface area contributed by atoms with Gasteiger partial charge in [-0.1, -0.05) is 0 Å². The van der Waals surface area contributed by atoms with Crippen molar-refractivity contribution in [1.29, 1.82) is 0 Å². The second-order valence-corrected chi connectivity index (χ2v) is 2.07. The number of rotatable bonds is 2. The van der Waals surface area contributed by atoms with E-state index in [4.69, 9.17) is 11.5 Å². The van der Waals surface area contributed by atoms with Gasteiger partial charge in [0.1, 0.15) is 0 Å². The summed E-state index contributed by atoms with van der Waals surface area (Å²) < 4.78 is 1.75. The summed E-state index contributed by atoms with van der Waals surface area (Å²) in [6, 6.07) is 1.75. The van der Waals surface area contributed by atoms with E-state index < -0.39 is 0 Å². The molecule has 1 heterocycles. The van der Waals surface area contributed by atoms with Crippen molar-refractivity contribution in [2.75, 3.05) is 0 Å².